The van der Waals surface area contributed by atoms with Crippen LogP contribution in [0.1, 0.15) is 17.0 Å². The third kappa shape index (κ3) is 2.93. The van der Waals surface area contributed by atoms with Crippen LogP contribution >= 0.6 is 0 Å². The van der Waals surface area contributed by atoms with Gasteiger partial charge >= 0.3 is 0 Å². The lowest BCUT2D eigenvalue weighted by Gasteiger charge is -2.15. The highest BCUT2D eigenvalue weighted by Crippen LogP contribution is 2.34. The van der Waals surface area contributed by atoms with Crippen LogP contribution in [0.4, 0.5) is 0 Å². The summed E-state index contributed by atoms with van der Waals surface area (Å²) in [5.74, 6) is 0.188. The van der Waals surface area contributed by atoms with Crippen LogP contribution in [0, 0.1) is 5.92 Å². The molecule has 1 N–H and O–H groups in total. The summed E-state index contributed by atoms with van der Waals surface area (Å²) in [4.78, 5) is 14.7. The van der Waals surface area contributed by atoms with E-state index < -0.39 is 0 Å². The molecule has 1 aromatic carbocycles. The highest BCUT2D eigenvalue weighted by molar-refractivity contribution is 5.81. The number of likely N-dealkylation sites (tertiary alicyclic amines) is 1. The number of rotatable bonds is 4. The predicted octanol–water partition coefficient (Wildman–Crippen LogP) is 2.13. The minimum atomic E-state index is -0.0626. The summed E-state index contributed by atoms with van der Waals surface area (Å²) in [6.07, 6.45) is 5.71. The van der Waals surface area contributed by atoms with E-state index in [1.807, 2.05) is 43.9 Å². The monoisotopic (exact) mass is 338 g/mol. The number of aryl methyl sites for hydroxylation is 1. The smallest absolute Gasteiger partial charge is 0.224 e. The third-order valence-corrected chi connectivity index (χ3v) is 5.09. The fourth-order valence-electron chi connectivity index (χ4n) is 3.83. The van der Waals surface area contributed by atoms with Gasteiger partial charge in [-0.1, -0.05) is 18.2 Å². The number of aromatic nitrogens is 2. The fourth-order valence-corrected chi connectivity index (χ4v) is 3.83. The first-order chi connectivity index (χ1) is 12.2. The second kappa shape index (κ2) is 6.37. The van der Waals surface area contributed by atoms with Gasteiger partial charge in [-0.05, 0) is 11.6 Å². The van der Waals surface area contributed by atoms with Gasteiger partial charge in [0.25, 0.3) is 0 Å². The highest BCUT2D eigenvalue weighted by atomic mass is 16.3. The molecule has 25 heavy (non-hydrogen) atoms. The van der Waals surface area contributed by atoms with Crippen LogP contribution in [0.25, 0.3) is 11.0 Å². The second-order valence-corrected chi connectivity index (χ2v) is 6.73. The number of nitrogens with zero attached hydrogens (tertiary/aromatic N) is 3. The molecule has 3 aromatic rings. The van der Waals surface area contributed by atoms with Crippen LogP contribution in [0.3, 0.4) is 0 Å². The van der Waals surface area contributed by atoms with Gasteiger partial charge in [-0.3, -0.25) is 14.4 Å². The molecule has 1 aliphatic rings. The Bertz CT molecular complexity index is 898. The summed E-state index contributed by atoms with van der Waals surface area (Å²) in [6.45, 7) is 2.35. The molecule has 1 saturated heterocycles. The fraction of sp³-hybridized carbons (Fsp3) is 0.368. The van der Waals surface area contributed by atoms with E-state index in [2.05, 4.69) is 21.4 Å². The molecule has 2 atom stereocenters. The van der Waals surface area contributed by atoms with Crippen molar-refractivity contribution in [1.82, 2.24) is 20.0 Å². The molecule has 2 aromatic heterocycles. The topological polar surface area (TPSA) is 63.3 Å². The maximum atomic E-state index is 12.4. The first kappa shape index (κ1) is 15.9. The van der Waals surface area contributed by atoms with Crippen LogP contribution in [-0.4, -0.2) is 40.7 Å². The number of nitrogens with one attached hydrogen (secondary N) is 1. The quantitative estimate of drug-likeness (QED) is 0.791. The lowest BCUT2D eigenvalue weighted by Crippen LogP contribution is -2.32. The average Bonchev–Trinajstić information content (AvgIpc) is 3.33. The molecule has 0 aliphatic carbocycles. The lowest BCUT2D eigenvalue weighted by atomic mass is 9.90. The predicted molar refractivity (Wildman–Crippen MR) is 95.0 cm³/mol. The zero-order valence-corrected chi connectivity index (χ0v) is 14.5. The molecule has 130 valence electrons. The number of amides is 1. The summed E-state index contributed by atoms with van der Waals surface area (Å²) in [6, 6.07) is 8.07. The van der Waals surface area contributed by atoms with E-state index in [1.165, 1.54) is 0 Å². The Labute approximate surface area is 146 Å². The normalized spacial score (nSPS) is 21.0. The zero-order chi connectivity index (χ0) is 17.4. The van der Waals surface area contributed by atoms with E-state index in [9.17, 15) is 4.79 Å². The van der Waals surface area contributed by atoms with E-state index in [-0.39, 0.29) is 17.7 Å². The minimum Gasteiger partial charge on any atom is -0.464 e. The maximum absolute atomic E-state index is 12.4. The largest absolute Gasteiger partial charge is 0.464 e. The molecule has 0 saturated carbocycles. The van der Waals surface area contributed by atoms with Gasteiger partial charge in [-0.2, -0.15) is 5.10 Å². The Morgan fingerprint density at radius 3 is 2.96 bits per heavy atom. The van der Waals surface area contributed by atoms with E-state index in [1.54, 1.807) is 11.7 Å². The van der Waals surface area contributed by atoms with Crippen LogP contribution in [0.15, 0.2) is 47.3 Å². The molecule has 6 heteroatoms. The van der Waals surface area contributed by atoms with Crippen molar-refractivity contribution in [2.45, 2.75) is 12.5 Å². The van der Waals surface area contributed by atoms with Crippen LogP contribution < -0.4 is 5.32 Å². The van der Waals surface area contributed by atoms with Crippen molar-refractivity contribution in [3.63, 3.8) is 0 Å². The van der Waals surface area contributed by atoms with Gasteiger partial charge < -0.3 is 9.73 Å². The molecular weight excluding hydrogens is 316 g/mol. The Morgan fingerprint density at radius 2 is 2.20 bits per heavy atom. The van der Waals surface area contributed by atoms with Crippen molar-refractivity contribution >= 4 is 16.9 Å². The van der Waals surface area contributed by atoms with Crippen LogP contribution in [0.2, 0.25) is 0 Å². The maximum Gasteiger partial charge on any atom is 0.224 e. The molecule has 4 rings (SSSR count). The minimum absolute atomic E-state index is 0.0626. The molecule has 1 aliphatic heterocycles. The summed E-state index contributed by atoms with van der Waals surface area (Å²) < 4.78 is 7.44. The van der Waals surface area contributed by atoms with Crippen LogP contribution in [-0.2, 0) is 18.4 Å². The van der Waals surface area contributed by atoms with Gasteiger partial charge in [0.15, 0.2) is 0 Å². The number of hydrogen-bond acceptors (Lipinski definition) is 4. The molecule has 0 spiro atoms. The Morgan fingerprint density at radius 1 is 1.36 bits per heavy atom. The molecule has 0 unspecified atom stereocenters. The van der Waals surface area contributed by atoms with Gasteiger partial charge in [-0.15, -0.1) is 0 Å². The van der Waals surface area contributed by atoms with Crippen molar-refractivity contribution in [3.05, 3.63) is 54.0 Å². The van der Waals surface area contributed by atoms with Gasteiger partial charge in [0.05, 0.1) is 18.4 Å². The number of carbonyl (C=O) groups is 1. The van der Waals surface area contributed by atoms with Crippen molar-refractivity contribution in [1.29, 1.82) is 0 Å². The van der Waals surface area contributed by atoms with Gasteiger partial charge in [-0.25, -0.2) is 0 Å². The van der Waals surface area contributed by atoms with Gasteiger partial charge in [0, 0.05) is 56.8 Å². The van der Waals surface area contributed by atoms with E-state index in [4.69, 9.17) is 4.42 Å². The van der Waals surface area contributed by atoms with Crippen molar-refractivity contribution in [3.8, 4) is 0 Å². The third-order valence-electron chi connectivity index (χ3n) is 5.09. The van der Waals surface area contributed by atoms with Crippen LogP contribution in [0.5, 0.6) is 0 Å². The van der Waals surface area contributed by atoms with Gasteiger partial charge in [0.2, 0.25) is 5.91 Å². The molecular formula is C19H22N4O2. The molecule has 1 amide bonds. The molecule has 6 nitrogen and oxygen atoms in total. The Hall–Kier alpha value is -2.60. The molecule has 0 radical (unpaired) electrons. The summed E-state index contributed by atoms with van der Waals surface area (Å²) >= 11 is 0. The standard InChI is InChI=1S/C19H22N4O2/c1-20-19(24)17-11-23(10-16(17)13-7-21-22(2)8-13)9-14-12-25-18-6-4-3-5-15(14)18/h3-8,12,16-17H,9-11H2,1-2H3,(H,20,24)/t16-,17+/m1/s1. The number of furan rings is 1. The lowest BCUT2D eigenvalue weighted by molar-refractivity contribution is -0.124. The van der Waals surface area contributed by atoms with E-state index in [0.717, 1.165) is 41.7 Å². The highest BCUT2D eigenvalue weighted by Gasteiger charge is 2.38. The summed E-state index contributed by atoms with van der Waals surface area (Å²) in [7, 11) is 3.61. The Kier molecular flexibility index (Phi) is 4.05. The second-order valence-electron chi connectivity index (χ2n) is 6.73. The van der Waals surface area contributed by atoms with Crippen molar-refractivity contribution < 1.29 is 9.21 Å². The van der Waals surface area contributed by atoms with Gasteiger partial charge in [0.1, 0.15) is 5.58 Å². The molecule has 0 bridgehead atoms. The number of para-hydroxylation sites is 1. The van der Waals surface area contributed by atoms with Crippen molar-refractivity contribution in [2.24, 2.45) is 13.0 Å². The summed E-state index contributed by atoms with van der Waals surface area (Å²) in [5.41, 5.74) is 3.19. The molecule has 3 heterocycles. The number of fused-ring (bicyclic) bond motifs is 1. The Balaban J connectivity index is 1.58. The number of carbonyl (C=O) groups excluding carboxylic acids is 1. The molecule has 1 fully saturated rings. The summed E-state index contributed by atoms with van der Waals surface area (Å²) in [5, 5.41) is 8.23. The first-order valence-electron chi connectivity index (χ1n) is 8.53. The SMILES string of the molecule is CNC(=O)[C@H]1CN(Cc2coc3ccccc23)C[C@@H]1c1cnn(C)c1. The van der Waals surface area contributed by atoms with E-state index >= 15 is 0 Å². The number of hydrogen-bond donors (Lipinski definition) is 1. The first-order valence-corrected chi connectivity index (χ1v) is 8.53. The number of benzene rings is 1. The van der Waals surface area contributed by atoms with E-state index in [0.29, 0.717) is 0 Å². The van der Waals surface area contributed by atoms with Crippen molar-refractivity contribution in [2.75, 3.05) is 20.1 Å². The average molecular weight is 338 g/mol. The zero-order valence-electron chi connectivity index (χ0n) is 14.5.